The lowest BCUT2D eigenvalue weighted by atomic mass is 10.1. The molecule has 2 rings (SSSR count). The molecular formula is C15H24N4O3. The number of rotatable bonds is 6. The number of aliphatic hydroxyl groups is 1. The minimum Gasteiger partial charge on any atom is -0.495 e. The van der Waals surface area contributed by atoms with E-state index in [1.807, 2.05) is 0 Å². The molecule has 122 valence electrons. The first-order valence-corrected chi connectivity index (χ1v) is 7.43. The van der Waals surface area contributed by atoms with Crippen LogP contribution in [0.2, 0.25) is 0 Å². The molecule has 0 aliphatic carbocycles. The minimum atomic E-state index is -0.585. The summed E-state index contributed by atoms with van der Waals surface area (Å²) < 4.78 is 5.09. The van der Waals surface area contributed by atoms with Crippen molar-refractivity contribution < 1.29 is 14.6 Å². The predicted molar refractivity (Wildman–Crippen MR) is 85.1 cm³/mol. The Kier molecular flexibility index (Phi) is 6.00. The Balaban J connectivity index is 1.81. The minimum absolute atomic E-state index is 0.218. The van der Waals surface area contributed by atoms with Crippen LogP contribution >= 0.6 is 0 Å². The average molecular weight is 308 g/mol. The van der Waals surface area contributed by atoms with E-state index in [-0.39, 0.29) is 12.5 Å². The number of aliphatic hydroxyl groups excluding tert-OH is 1. The molecule has 0 aromatic heterocycles. The van der Waals surface area contributed by atoms with E-state index >= 15 is 0 Å². The highest BCUT2D eigenvalue weighted by Crippen LogP contribution is 2.21. The number of hydrogen-bond acceptors (Lipinski definition) is 6. The van der Waals surface area contributed by atoms with Gasteiger partial charge in [0.15, 0.2) is 0 Å². The van der Waals surface area contributed by atoms with Crippen LogP contribution in [0.5, 0.6) is 5.75 Å². The van der Waals surface area contributed by atoms with E-state index in [0.717, 1.165) is 26.2 Å². The van der Waals surface area contributed by atoms with E-state index in [0.29, 0.717) is 23.5 Å². The first-order valence-electron chi connectivity index (χ1n) is 7.43. The van der Waals surface area contributed by atoms with Crippen molar-refractivity contribution in [2.45, 2.75) is 6.10 Å². The fourth-order valence-corrected chi connectivity index (χ4v) is 2.42. The number of carbonyl (C=O) groups excluding carboxylic acids is 1. The molecular weight excluding hydrogens is 284 g/mol. The number of nitrogens with zero attached hydrogens (tertiary/aromatic N) is 1. The molecule has 1 aromatic rings. The molecule has 0 saturated carbocycles. The van der Waals surface area contributed by atoms with Crippen LogP contribution in [-0.4, -0.2) is 68.4 Å². The smallest absolute Gasteiger partial charge is 0.251 e. The topological polar surface area (TPSA) is 99.8 Å². The van der Waals surface area contributed by atoms with Gasteiger partial charge in [0, 0.05) is 44.8 Å². The lowest BCUT2D eigenvalue weighted by molar-refractivity contribution is 0.0842. The van der Waals surface area contributed by atoms with Gasteiger partial charge in [-0.05, 0) is 18.2 Å². The molecule has 1 aliphatic heterocycles. The van der Waals surface area contributed by atoms with E-state index in [9.17, 15) is 9.90 Å². The Labute approximate surface area is 130 Å². The molecule has 0 bridgehead atoms. The van der Waals surface area contributed by atoms with Gasteiger partial charge in [0.1, 0.15) is 5.75 Å². The zero-order valence-electron chi connectivity index (χ0n) is 12.8. The molecule has 7 nitrogen and oxygen atoms in total. The van der Waals surface area contributed by atoms with Crippen molar-refractivity contribution >= 4 is 11.6 Å². The number of benzene rings is 1. The summed E-state index contributed by atoms with van der Waals surface area (Å²) in [7, 11) is 1.50. The predicted octanol–water partition coefficient (Wildman–Crippen LogP) is -0.727. The van der Waals surface area contributed by atoms with Crippen molar-refractivity contribution in [2.75, 3.05) is 52.1 Å². The molecule has 1 aromatic carbocycles. The summed E-state index contributed by atoms with van der Waals surface area (Å²) >= 11 is 0. The molecule has 7 heteroatoms. The van der Waals surface area contributed by atoms with Gasteiger partial charge in [0.25, 0.3) is 5.91 Å². The Bertz CT molecular complexity index is 504. The van der Waals surface area contributed by atoms with Gasteiger partial charge in [-0.1, -0.05) is 0 Å². The largest absolute Gasteiger partial charge is 0.495 e. The Morgan fingerprint density at radius 1 is 1.50 bits per heavy atom. The summed E-state index contributed by atoms with van der Waals surface area (Å²) in [5.41, 5.74) is 6.66. The maximum absolute atomic E-state index is 12.1. The molecule has 1 unspecified atom stereocenters. The molecule has 1 fully saturated rings. The second-order valence-electron chi connectivity index (χ2n) is 5.37. The number of anilines is 1. The van der Waals surface area contributed by atoms with Gasteiger partial charge in [0.05, 0.1) is 18.9 Å². The summed E-state index contributed by atoms with van der Waals surface area (Å²) in [4.78, 5) is 14.3. The average Bonchev–Trinajstić information content (AvgIpc) is 2.54. The molecule has 1 saturated heterocycles. The van der Waals surface area contributed by atoms with E-state index in [2.05, 4.69) is 15.5 Å². The quantitative estimate of drug-likeness (QED) is 0.517. The summed E-state index contributed by atoms with van der Waals surface area (Å²) in [5, 5.41) is 16.0. The Morgan fingerprint density at radius 2 is 2.23 bits per heavy atom. The number of carbonyl (C=O) groups is 1. The molecule has 1 amide bonds. The third-order valence-corrected chi connectivity index (χ3v) is 3.67. The van der Waals surface area contributed by atoms with Gasteiger partial charge in [0.2, 0.25) is 0 Å². The summed E-state index contributed by atoms with van der Waals surface area (Å²) in [6.45, 7) is 4.48. The summed E-state index contributed by atoms with van der Waals surface area (Å²) in [6, 6.07) is 4.86. The van der Waals surface area contributed by atoms with Crippen LogP contribution in [0.3, 0.4) is 0 Å². The number of methoxy groups -OCH3 is 1. The highest BCUT2D eigenvalue weighted by molar-refractivity contribution is 5.95. The lowest BCUT2D eigenvalue weighted by Gasteiger charge is -2.29. The van der Waals surface area contributed by atoms with Crippen molar-refractivity contribution in [1.82, 2.24) is 15.5 Å². The number of amides is 1. The fourth-order valence-electron chi connectivity index (χ4n) is 2.42. The number of nitrogens with two attached hydrogens (primary N) is 1. The molecule has 0 spiro atoms. The standard InChI is InChI=1S/C15H24N4O3/c1-22-14-8-11(2-3-13(14)16)15(21)18-9-12(20)10-19-6-4-17-5-7-19/h2-3,8,12,17,20H,4-7,9-10,16H2,1H3,(H,18,21). The fraction of sp³-hybridized carbons (Fsp3) is 0.533. The van der Waals surface area contributed by atoms with Crippen LogP contribution in [0, 0.1) is 0 Å². The molecule has 0 radical (unpaired) electrons. The lowest BCUT2D eigenvalue weighted by Crippen LogP contribution is -2.48. The Morgan fingerprint density at radius 3 is 2.91 bits per heavy atom. The highest BCUT2D eigenvalue weighted by atomic mass is 16.5. The maximum Gasteiger partial charge on any atom is 0.251 e. The zero-order valence-corrected chi connectivity index (χ0v) is 12.8. The van der Waals surface area contributed by atoms with Gasteiger partial charge in [-0.25, -0.2) is 0 Å². The van der Waals surface area contributed by atoms with Crippen molar-refractivity contribution in [3.63, 3.8) is 0 Å². The first kappa shape index (κ1) is 16.5. The van der Waals surface area contributed by atoms with Crippen LogP contribution in [0.4, 0.5) is 5.69 Å². The van der Waals surface area contributed by atoms with E-state index in [4.69, 9.17) is 10.5 Å². The number of β-amino-alcohol motifs (C(OH)–C–C–N with tert-alkyl or cyclic N) is 1. The normalized spacial score (nSPS) is 17.0. The number of hydrogen-bond donors (Lipinski definition) is 4. The maximum atomic E-state index is 12.1. The van der Waals surface area contributed by atoms with Gasteiger partial charge in [-0.3, -0.25) is 9.69 Å². The third-order valence-electron chi connectivity index (χ3n) is 3.67. The van der Waals surface area contributed by atoms with E-state index < -0.39 is 6.10 Å². The van der Waals surface area contributed by atoms with Gasteiger partial charge in [-0.15, -0.1) is 0 Å². The second kappa shape index (κ2) is 7.98. The highest BCUT2D eigenvalue weighted by Gasteiger charge is 2.15. The number of piperazine rings is 1. The Hall–Kier alpha value is -1.83. The monoisotopic (exact) mass is 308 g/mol. The first-order chi connectivity index (χ1) is 10.6. The van der Waals surface area contributed by atoms with E-state index in [1.165, 1.54) is 7.11 Å². The van der Waals surface area contributed by atoms with E-state index in [1.54, 1.807) is 18.2 Å². The number of nitrogen functional groups attached to an aromatic ring is 1. The second-order valence-corrected chi connectivity index (χ2v) is 5.37. The summed E-state index contributed by atoms with van der Waals surface area (Å²) in [5.74, 6) is 0.215. The van der Waals surface area contributed by atoms with Crippen LogP contribution in [0.25, 0.3) is 0 Å². The number of nitrogens with one attached hydrogen (secondary N) is 2. The molecule has 1 heterocycles. The SMILES string of the molecule is COc1cc(C(=O)NCC(O)CN2CCNCC2)ccc1N. The van der Waals surface area contributed by atoms with Crippen LogP contribution in [0.1, 0.15) is 10.4 Å². The van der Waals surface area contributed by atoms with Gasteiger partial charge < -0.3 is 26.2 Å². The number of ether oxygens (including phenoxy) is 1. The van der Waals surface area contributed by atoms with Crippen molar-refractivity contribution in [1.29, 1.82) is 0 Å². The molecule has 5 N–H and O–H groups in total. The zero-order chi connectivity index (χ0) is 15.9. The molecule has 22 heavy (non-hydrogen) atoms. The van der Waals surface area contributed by atoms with Gasteiger partial charge in [-0.2, -0.15) is 0 Å². The van der Waals surface area contributed by atoms with Crippen LogP contribution in [-0.2, 0) is 0 Å². The van der Waals surface area contributed by atoms with Crippen molar-refractivity contribution in [3.8, 4) is 5.75 Å². The summed E-state index contributed by atoms with van der Waals surface area (Å²) in [6.07, 6.45) is -0.585. The van der Waals surface area contributed by atoms with Gasteiger partial charge >= 0.3 is 0 Å². The molecule has 1 aliphatic rings. The third kappa shape index (κ3) is 4.59. The molecule has 1 atom stereocenters. The van der Waals surface area contributed by atoms with Crippen LogP contribution < -0.4 is 21.1 Å². The van der Waals surface area contributed by atoms with Crippen molar-refractivity contribution in [3.05, 3.63) is 23.8 Å². The van der Waals surface area contributed by atoms with Crippen molar-refractivity contribution in [2.24, 2.45) is 0 Å². The van der Waals surface area contributed by atoms with Crippen LogP contribution in [0.15, 0.2) is 18.2 Å².